The molecule has 16 heavy (non-hydrogen) atoms. The van der Waals surface area contributed by atoms with E-state index in [2.05, 4.69) is 4.98 Å². The van der Waals surface area contributed by atoms with Crippen LogP contribution in [0.15, 0.2) is 18.3 Å². The first-order chi connectivity index (χ1) is 7.50. The summed E-state index contributed by atoms with van der Waals surface area (Å²) >= 11 is 0. The molecule has 0 spiro atoms. The summed E-state index contributed by atoms with van der Waals surface area (Å²) in [7, 11) is 3.96. The van der Waals surface area contributed by atoms with Crippen molar-refractivity contribution in [1.82, 2.24) is 9.38 Å². The van der Waals surface area contributed by atoms with Gasteiger partial charge < -0.3 is 4.90 Å². The SMILES string of the molecule is CC(=O)c1c(C)nc2cc(N(C)C)ccn12. The maximum atomic E-state index is 11.5. The predicted octanol–water partition coefficient (Wildman–Crippen LogP) is 1.91. The van der Waals surface area contributed by atoms with Crippen LogP contribution in [0.1, 0.15) is 23.1 Å². The monoisotopic (exact) mass is 217 g/mol. The molecule has 2 heterocycles. The highest BCUT2D eigenvalue weighted by Gasteiger charge is 2.12. The lowest BCUT2D eigenvalue weighted by Gasteiger charge is -2.12. The number of pyridine rings is 1. The zero-order chi connectivity index (χ0) is 11.9. The van der Waals surface area contributed by atoms with E-state index in [9.17, 15) is 4.79 Å². The van der Waals surface area contributed by atoms with Crippen molar-refractivity contribution in [3.63, 3.8) is 0 Å². The zero-order valence-electron chi connectivity index (χ0n) is 9.98. The molecule has 0 aromatic carbocycles. The molecule has 0 saturated carbocycles. The van der Waals surface area contributed by atoms with Gasteiger partial charge >= 0.3 is 0 Å². The van der Waals surface area contributed by atoms with Crippen molar-refractivity contribution < 1.29 is 4.79 Å². The number of aryl methyl sites for hydroxylation is 1. The van der Waals surface area contributed by atoms with Crippen LogP contribution < -0.4 is 4.90 Å². The molecule has 0 aliphatic heterocycles. The Balaban J connectivity index is 2.70. The minimum absolute atomic E-state index is 0.0441. The quantitative estimate of drug-likeness (QED) is 0.721. The molecular formula is C12H15N3O. The van der Waals surface area contributed by atoms with Gasteiger partial charge in [-0.15, -0.1) is 0 Å². The summed E-state index contributed by atoms with van der Waals surface area (Å²) in [6, 6.07) is 3.94. The Morgan fingerprint density at radius 1 is 1.44 bits per heavy atom. The van der Waals surface area contributed by atoms with E-state index in [-0.39, 0.29) is 5.78 Å². The van der Waals surface area contributed by atoms with Crippen molar-refractivity contribution in [1.29, 1.82) is 0 Å². The third-order valence-electron chi connectivity index (χ3n) is 2.63. The van der Waals surface area contributed by atoms with Crippen molar-refractivity contribution in [2.75, 3.05) is 19.0 Å². The maximum Gasteiger partial charge on any atom is 0.178 e. The number of anilines is 1. The first kappa shape index (κ1) is 10.7. The highest BCUT2D eigenvalue weighted by atomic mass is 16.1. The molecule has 0 aliphatic rings. The van der Waals surface area contributed by atoms with Crippen LogP contribution in [0.5, 0.6) is 0 Å². The number of nitrogens with zero attached hydrogens (tertiary/aromatic N) is 3. The number of fused-ring (bicyclic) bond motifs is 1. The molecule has 0 atom stereocenters. The minimum atomic E-state index is 0.0441. The standard InChI is InChI=1S/C12H15N3O/c1-8-12(9(2)16)15-6-5-10(14(3)4)7-11(15)13-8/h5-7H,1-4H3. The fourth-order valence-corrected chi connectivity index (χ4v) is 1.85. The summed E-state index contributed by atoms with van der Waals surface area (Å²) in [5, 5.41) is 0. The molecule has 0 aliphatic carbocycles. The van der Waals surface area contributed by atoms with E-state index in [0.29, 0.717) is 5.69 Å². The van der Waals surface area contributed by atoms with Crippen molar-refractivity contribution in [2.45, 2.75) is 13.8 Å². The van der Waals surface area contributed by atoms with Gasteiger partial charge in [0, 0.05) is 39.0 Å². The molecule has 84 valence electrons. The van der Waals surface area contributed by atoms with Crippen LogP contribution in [-0.4, -0.2) is 29.3 Å². The number of hydrogen-bond donors (Lipinski definition) is 0. The first-order valence-electron chi connectivity index (χ1n) is 5.17. The molecule has 2 rings (SSSR count). The number of rotatable bonds is 2. The van der Waals surface area contributed by atoms with Gasteiger partial charge in [0.1, 0.15) is 11.3 Å². The number of Topliss-reactive ketones (excluding diaryl/α,β-unsaturated/α-hetero) is 1. The van der Waals surface area contributed by atoms with Crippen LogP contribution in [0.2, 0.25) is 0 Å². The number of carbonyl (C=O) groups excluding carboxylic acids is 1. The van der Waals surface area contributed by atoms with Gasteiger partial charge in [0.2, 0.25) is 0 Å². The van der Waals surface area contributed by atoms with Gasteiger partial charge in [0.05, 0.1) is 5.69 Å². The van der Waals surface area contributed by atoms with Gasteiger partial charge in [0.25, 0.3) is 0 Å². The lowest BCUT2D eigenvalue weighted by atomic mass is 10.2. The molecule has 0 unspecified atom stereocenters. The lowest BCUT2D eigenvalue weighted by molar-refractivity contribution is 0.101. The van der Waals surface area contributed by atoms with E-state index in [0.717, 1.165) is 17.0 Å². The Labute approximate surface area is 94.5 Å². The van der Waals surface area contributed by atoms with Crippen LogP contribution in [-0.2, 0) is 0 Å². The van der Waals surface area contributed by atoms with Gasteiger partial charge in [-0.05, 0) is 13.0 Å². The summed E-state index contributed by atoms with van der Waals surface area (Å²) in [4.78, 5) is 17.9. The predicted molar refractivity (Wildman–Crippen MR) is 64.3 cm³/mol. The molecule has 2 aromatic heterocycles. The van der Waals surface area contributed by atoms with Crippen LogP contribution in [0.25, 0.3) is 5.65 Å². The summed E-state index contributed by atoms with van der Waals surface area (Å²) < 4.78 is 1.84. The first-order valence-corrected chi connectivity index (χ1v) is 5.17. The molecular weight excluding hydrogens is 202 g/mol. The molecule has 0 radical (unpaired) electrons. The fourth-order valence-electron chi connectivity index (χ4n) is 1.85. The van der Waals surface area contributed by atoms with Crippen molar-refractivity contribution in [3.05, 3.63) is 29.7 Å². The van der Waals surface area contributed by atoms with Crippen LogP contribution in [0.4, 0.5) is 5.69 Å². The van der Waals surface area contributed by atoms with Crippen molar-refractivity contribution in [2.24, 2.45) is 0 Å². The maximum absolute atomic E-state index is 11.5. The van der Waals surface area contributed by atoms with Gasteiger partial charge in [-0.2, -0.15) is 0 Å². The highest BCUT2D eigenvalue weighted by Crippen LogP contribution is 2.18. The molecule has 4 nitrogen and oxygen atoms in total. The molecule has 4 heteroatoms. The summed E-state index contributed by atoms with van der Waals surface area (Å²) in [5.41, 5.74) is 3.34. The summed E-state index contributed by atoms with van der Waals surface area (Å²) in [6.07, 6.45) is 1.89. The molecule has 2 aromatic rings. The molecule has 0 saturated heterocycles. The Bertz CT molecular complexity index is 555. The second kappa shape index (κ2) is 3.63. The molecule has 0 amide bonds. The Morgan fingerprint density at radius 2 is 2.12 bits per heavy atom. The van der Waals surface area contributed by atoms with E-state index in [1.165, 1.54) is 0 Å². The van der Waals surface area contributed by atoms with E-state index in [1.54, 1.807) is 6.92 Å². The van der Waals surface area contributed by atoms with Crippen LogP contribution in [0.3, 0.4) is 0 Å². The number of carbonyl (C=O) groups is 1. The minimum Gasteiger partial charge on any atom is -0.378 e. The topological polar surface area (TPSA) is 37.6 Å². The van der Waals surface area contributed by atoms with Crippen LogP contribution in [0, 0.1) is 6.92 Å². The van der Waals surface area contributed by atoms with Gasteiger partial charge in [0.15, 0.2) is 5.78 Å². The average Bonchev–Trinajstić information content (AvgIpc) is 2.51. The molecule has 0 fully saturated rings. The number of imidazole rings is 1. The Kier molecular flexibility index (Phi) is 2.42. The largest absolute Gasteiger partial charge is 0.378 e. The van der Waals surface area contributed by atoms with E-state index in [4.69, 9.17) is 0 Å². The third-order valence-corrected chi connectivity index (χ3v) is 2.63. The zero-order valence-corrected chi connectivity index (χ0v) is 9.98. The van der Waals surface area contributed by atoms with Crippen LogP contribution >= 0.6 is 0 Å². The average molecular weight is 217 g/mol. The van der Waals surface area contributed by atoms with Crippen molar-refractivity contribution in [3.8, 4) is 0 Å². The van der Waals surface area contributed by atoms with Gasteiger partial charge in [-0.1, -0.05) is 0 Å². The smallest absolute Gasteiger partial charge is 0.178 e. The second-order valence-electron chi connectivity index (χ2n) is 4.11. The van der Waals surface area contributed by atoms with E-state index in [1.807, 2.05) is 48.6 Å². The normalized spacial score (nSPS) is 10.8. The lowest BCUT2D eigenvalue weighted by Crippen LogP contribution is -2.09. The Hall–Kier alpha value is -1.84. The number of ketones is 1. The van der Waals surface area contributed by atoms with E-state index < -0.39 is 0 Å². The van der Waals surface area contributed by atoms with Gasteiger partial charge in [-0.3, -0.25) is 9.20 Å². The fraction of sp³-hybridized carbons (Fsp3) is 0.333. The third kappa shape index (κ3) is 1.56. The molecule has 0 N–H and O–H groups in total. The molecule has 0 bridgehead atoms. The highest BCUT2D eigenvalue weighted by molar-refractivity contribution is 5.94. The Morgan fingerprint density at radius 3 is 2.69 bits per heavy atom. The number of aromatic nitrogens is 2. The second-order valence-corrected chi connectivity index (χ2v) is 4.11. The summed E-state index contributed by atoms with van der Waals surface area (Å²) in [5.74, 6) is 0.0441. The van der Waals surface area contributed by atoms with E-state index >= 15 is 0 Å². The summed E-state index contributed by atoms with van der Waals surface area (Å²) in [6.45, 7) is 3.43. The number of hydrogen-bond acceptors (Lipinski definition) is 3. The van der Waals surface area contributed by atoms with Gasteiger partial charge in [-0.25, -0.2) is 4.98 Å². The van der Waals surface area contributed by atoms with Crippen molar-refractivity contribution >= 4 is 17.1 Å².